The average molecular weight is 264 g/mol. The van der Waals surface area contributed by atoms with E-state index in [0.29, 0.717) is 5.56 Å². The van der Waals surface area contributed by atoms with Gasteiger partial charge in [-0.2, -0.15) is 4.89 Å². The van der Waals surface area contributed by atoms with E-state index in [2.05, 4.69) is 0 Å². The van der Waals surface area contributed by atoms with Crippen LogP contribution in [0.2, 0.25) is 0 Å². The lowest BCUT2D eigenvalue weighted by atomic mass is 9.86. The lowest BCUT2D eigenvalue weighted by Crippen LogP contribution is -2.42. The molecule has 3 atom stereocenters. The van der Waals surface area contributed by atoms with E-state index in [4.69, 9.17) is 9.78 Å². The smallest absolute Gasteiger partial charge is 0.209 e. The minimum absolute atomic E-state index is 0.354. The quantitative estimate of drug-likeness (QED) is 0.660. The van der Waals surface area contributed by atoms with Crippen molar-refractivity contribution in [2.24, 2.45) is 5.92 Å². The third kappa shape index (κ3) is 2.58. The van der Waals surface area contributed by atoms with Crippen molar-refractivity contribution in [3.8, 4) is 0 Å². The summed E-state index contributed by atoms with van der Waals surface area (Å²) in [6, 6.07) is 6.91. The van der Waals surface area contributed by atoms with Crippen molar-refractivity contribution in [2.45, 2.75) is 32.7 Å². The second-order valence-corrected chi connectivity index (χ2v) is 4.97. The van der Waals surface area contributed by atoms with Crippen LogP contribution in [0, 0.1) is 12.8 Å². The maximum Gasteiger partial charge on any atom is 0.209 e. The number of hydrogen-bond acceptors (Lipinski definition) is 5. The Kier molecular flexibility index (Phi) is 3.54. The van der Waals surface area contributed by atoms with E-state index in [0.717, 1.165) is 5.56 Å². The normalized spacial score (nSPS) is 30.3. The molecule has 0 aromatic heterocycles. The Balaban J connectivity index is 2.28. The van der Waals surface area contributed by atoms with E-state index >= 15 is 0 Å². The summed E-state index contributed by atoms with van der Waals surface area (Å²) in [4.78, 5) is 33.5. The van der Waals surface area contributed by atoms with Gasteiger partial charge in [-0.1, -0.05) is 29.8 Å². The average Bonchev–Trinajstić information content (AvgIpc) is 2.65. The molecule has 1 fully saturated rings. The van der Waals surface area contributed by atoms with E-state index in [1.807, 2.05) is 6.92 Å². The number of aliphatic hydroxyl groups is 1. The first-order valence-corrected chi connectivity index (χ1v) is 6.01. The third-order valence-corrected chi connectivity index (χ3v) is 3.23. The topological polar surface area (TPSA) is 72.8 Å². The Hall–Kier alpha value is -1.56. The number of hydrogen-bond donors (Lipinski definition) is 1. The summed E-state index contributed by atoms with van der Waals surface area (Å²) in [6.45, 7) is 4.51. The summed E-state index contributed by atoms with van der Waals surface area (Å²) in [7, 11) is 0. The van der Waals surface area contributed by atoms with Crippen molar-refractivity contribution in [2.75, 3.05) is 0 Å². The molecule has 0 saturated carbocycles. The second-order valence-electron chi connectivity index (χ2n) is 4.97. The highest BCUT2D eigenvalue weighted by Crippen LogP contribution is 2.34. The molecule has 0 amide bonds. The first-order valence-electron chi connectivity index (χ1n) is 6.01. The number of ketones is 2. The predicted molar refractivity (Wildman–Crippen MR) is 66.3 cm³/mol. The molecule has 1 aromatic rings. The molecule has 0 spiro atoms. The van der Waals surface area contributed by atoms with Crippen LogP contribution in [-0.2, 0) is 14.6 Å². The van der Waals surface area contributed by atoms with Crippen LogP contribution in [0.1, 0.15) is 29.8 Å². The van der Waals surface area contributed by atoms with Gasteiger partial charge in [-0.05, 0) is 20.8 Å². The van der Waals surface area contributed by atoms with Gasteiger partial charge in [0.1, 0.15) is 11.7 Å². The fourth-order valence-corrected chi connectivity index (χ4v) is 2.20. The summed E-state index contributed by atoms with van der Waals surface area (Å²) in [5.74, 6) is -3.54. The van der Waals surface area contributed by atoms with Gasteiger partial charge in [0.2, 0.25) is 5.79 Å². The molecular formula is C14H16O5. The predicted octanol–water partition coefficient (Wildman–Crippen LogP) is 1.42. The highest BCUT2D eigenvalue weighted by atomic mass is 17.2. The molecule has 1 saturated heterocycles. The largest absolute Gasteiger partial charge is 0.363 e. The van der Waals surface area contributed by atoms with Crippen LogP contribution in [-0.4, -0.2) is 28.6 Å². The third-order valence-electron chi connectivity index (χ3n) is 3.23. The van der Waals surface area contributed by atoms with Gasteiger partial charge in [0.15, 0.2) is 11.9 Å². The van der Waals surface area contributed by atoms with Gasteiger partial charge in [0.05, 0.1) is 0 Å². The molecule has 2 rings (SSSR count). The molecule has 1 aromatic carbocycles. The van der Waals surface area contributed by atoms with E-state index < -0.39 is 17.8 Å². The summed E-state index contributed by atoms with van der Waals surface area (Å²) < 4.78 is 0. The van der Waals surface area contributed by atoms with E-state index in [1.165, 1.54) is 13.8 Å². The first-order chi connectivity index (χ1) is 8.83. The molecule has 1 aliphatic rings. The second kappa shape index (κ2) is 4.85. The zero-order valence-electron chi connectivity index (χ0n) is 11.0. The molecule has 1 aliphatic heterocycles. The van der Waals surface area contributed by atoms with Crippen LogP contribution in [0.5, 0.6) is 0 Å². The van der Waals surface area contributed by atoms with E-state index in [1.54, 1.807) is 24.3 Å². The van der Waals surface area contributed by atoms with Crippen molar-refractivity contribution in [1.82, 2.24) is 0 Å². The molecule has 1 N–H and O–H groups in total. The number of Topliss-reactive ketones (excluding diaryl/α,β-unsaturated/α-hetero) is 2. The van der Waals surface area contributed by atoms with Crippen LogP contribution < -0.4 is 0 Å². The molecule has 3 unspecified atom stereocenters. The Morgan fingerprint density at radius 3 is 2.37 bits per heavy atom. The van der Waals surface area contributed by atoms with Gasteiger partial charge >= 0.3 is 0 Å². The number of rotatable bonds is 3. The molecule has 0 aliphatic carbocycles. The van der Waals surface area contributed by atoms with Gasteiger partial charge < -0.3 is 5.11 Å². The minimum Gasteiger partial charge on any atom is -0.363 e. The summed E-state index contributed by atoms with van der Waals surface area (Å²) >= 11 is 0. The van der Waals surface area contributed by atoms with Gasteiger partial charge in [0.25, 0.3) is 0 Å². The van der Waals surface area contributed by atoms with Crippen LogP contribution in [0.3, 0.4) is 0 Å². The van der Waals surface area contributed by atoms with Crippen LogP contribution in [0.15, 0.2) is 24.3 Å². The van der Waals surface area contributed by atoms with Crippen molar-refractivity contribution in [3.63, 3.8) is 0 Å². The summed E-state index contributed by atoms with van der Waals surface area (Å²) in [6.07, 6.45) is -1.12. The zero-order chi connectivity index (χ0) is 14.2. The molecule has 1 heterocycles. The van der Waals surface area contributed by atoms with E-state index in [9.17, 15) is 14.7 Å². The van der Waals surface area contributed by atoms with Crippen molar-refractivity contribution >= 4 is 11.6 Å². The van der Waals surface area contributed by atoms with Crippen LogP contribution >= 0.6 is 0 Å². The Labute approximate surface area is 111 Å². The van der Waals surface area contributed by atoms with Gasteiger partial charge in [-0.3, -0.25) is 9.59 Å². The van der Waals surface area contributed by atoms with Gasteiger partial charge in [0, 0.05) is 5.56 Å². The maximum atomic E-state index is 12.3. The lowest BCUT2D eigenvalue weighted by Gasteiger charge is -2.20. The fraction of sp³-hybridized carbons (Fsp3) is 0.429. The number of carbonyl (C=O) groups is 2. The number of carbonyl (C=O) groups excluding carboxylic acids is 2. The van der Waals surface area contributed by atoms with Crippen molar-refractivity contribution < 1.29 is 24.5 Å². The minimum atomic E-state index is -1.78. The molecule has 19 heavy (non-hydrogen) atoms. The Morgan fingerprint density at radius 2 is 1.84 bits per heavy atom. The molecule has 0 bridgehead atoms. The molecular weight excluding hydrogens is 248 g/mol. The van der Waals surface area contributed by atoms with Crippen LogP contribution in [0.25, 0.3) is 0 Å². The molecule has 5 heteroatoms. The monoisotopic (exact) mass is 264 g/mol. The maximum absolute atomic E-state index is 12.3. The van der Waals surface area contributed by atoms with Crippen LogP contribution in [0.4, 0.5) is 0 Å². The molecule has 0 radical (unpaired) electrons. The zero-order valence-corrected chi connectivity index (χ0v) is 11.0. The molecule has 5 nitrogen and oxygen atoms in total. The van der Waals surface area contributed by atoms with Crippen molar-refractivity contribution in [3.05, 3.63) is 35.4 Å². The fourth-order valence-electron chi connectivity index (χ4n) is 2.20. The standard InChI is InChI=1S/C14H16O5/c1-8-4-6-10(7-5-8)12(16)13-11(9(2)15)14(3,17)19-18-13/h4-7,11,13,17H,1-3H3. The number of aryl methyl sites for hydroxylation is 1. The van der Waals surface area contributed by atoms with Crippen molar-refractivity contribution in [1.29, 1.82) is 0 Å². The Morgan fingerprint density at radius 1 is 1.26 bits per heavy atom. The number of benzene rings is 1. The lowest BCUT2D eigenvalue weighted by molar-refractivity contribution is -0.369. The Bertz CT molecular complexity index is 503. The highest BCUT2D eigenvalue weighted by molar-refractivity contribution is 6.02. The highest BCUT2D eigenvalue weighted by Gasteiger charge is 2.53. The van der Waals surface area contributed by atoms with E-state index in [-0.39, 0.29) is 11.6 Å². The summed E-state index contributed by atoms with van der Waals surface area (Å²) in [5.41, 5.74) is 1.44. The van der Waals surface area contributed by atoms with Gasteiger partial charge in [-0.15, -0.1) is 0 Å². The summed E-state index contributed by atoms with van der Waals surface area (Å²) in [5, 5.41) is 9.91. The van der Waals surface area contributed by atoms with Gasteiger partial charge in [-0.25, -0.2) is 4.89 Å². The SMILES string of the molecule is CC(=O)C1C(C(=O)c2ccc(C)cc2)OOC1(C)O. The molecule has 102 valence electrons. The first kappa shape index (κ1) is 13.9.